The van der Waals surface area contributed by atoms with Crippen molar-refractivity contribution in [1.29, 1.82) is 0 Å². The van der Waals surface area contributed by atoms with Crippen LogP contribution in [0.3, 0.4) is 0 Å². The van der Waals surface area contributed by atoms with Crippen LogP contribution in [0.2, 0.25) is 0 Å². The number of benzene rings is 7. The Morgan fingerprint density at radius 1 is 0.474 bits per heavy atom. The maximum Gasteiger partial charge on any atom is -0.00201 e. The smallest absolute Gasteiger partial charge is 0.00201 e. The molecule has 0 aliphatic carbocycles. The number of allylic oxidation sites excluding steroid dienone is 4. The Balaban J connectivity index is 1.64. The zero-order valence-electron chi connectivity index (χ0n) is 21.1. The summed E-state index contributed by atoms with van der Waals surface area (Å²) in [5.41, 5.74) is 4.80. The van der Waals surface area contributed by atoms with Crippen molar-refractivity contribution in [3.63, 3.8) is 0 Å². The molecular weight excluding hydrogens is 456 g/mol. The first-order valence-electron chi connectivity index (χ1n) is 13.0. The summed E-state index contributed by atoms with van der Waals surface area (Å²) in [4.78, 5) is 0. The molecule has 0 nitrogen and oxygen atoms in total. The second-order valence-electron chi connectivity index (χ2n) is 9.79. The quantitative estimate of drug-likeness (QED) is 0.133. The molecule has 0 amide bonds. The van der Waals surface area contributed by atoms with Gasteiger partial charge in [0.1, 0.15) is 0 Å². The molecule has 0 aliphatic heterocycles. The molecule has 0 heterocycles. The van der Waals surface area contributed by atoms with Crippen molar-refractivity contribution in [1.82, 2.24) is 0 Å². The summed E-state index contributed by atoms with van der Waals surface area (Å²) in [6.45, 7) is 8.08. The lowest BCUT2D eigenvalue weighted by atomic mass is 9.84. The Kier molecular flexibility index (Phi) is 5.20. The largest absolute Gasteiger partial charge is 0.0990 e. The minimum atomic E-state index is 1.08. The molecule has 0 N–H and O–H groups in total. The van der Waals surface area contributed by atoms with Gasteiger partial charge in [-0.1, -0.05) is 135 Å². The third kappa shape index (κ3) is 3.31. The topological polar surface area (TPSA) is 0 Å². The molecule has 0 spiro atoms. The summed E-state index contributed by atoms with van der Waals surface area (Å²) in [5.74, 6) is 0. The lowest BCUT2D eigenvalue weighted by molar-refractivity contribution is 1.69. The van der Waals surface area contributed by atoms with Crippen molar-refractivity contribution in [3.8, 4) is 11.1 Å². The van der Waals surface area contributed by atoms with Crippen LogP contribution >= 0.6 is 0 Å². The fourth-order valence-corrected chi connectivity index (χ4v) is 6.11. The van der Waals surface area contributed by atoms with E-state index in [1.54, 1.807) is 0 Å². The van der Waals surface area contributed by atoms with Crippen LogP contribution in [0.5, 0.6) is 0 Å². The lowest BCUT2D eigenvalue weighted by Gasteiger charge is -2.19. The van der Waals surface area contributed by atoms with Gasteiger partial charge in [0.2, 0.25) is 0 Å². The lowest BCUT2D eigenvalue weighted by Crippen LogP contribution is -1.93. The zero-order chi connectivity index (χ0) is 25.6. The first kappa shape index (κ1) is 22.3. The van der Waals surface area contributed by atoms with Gasteiger partial charge in [-0.15, -0.1) is 0 Å². The fourth-order valence-electron chi connectivity index (χ4n) is 6.11. The Labute approximate surface area is 222 Å². The Hall–Kier alpha value is -4.94. The molecule has 0 aromatic heterocycles. The second-order valence-corrected chi connectivity index (χ2v) is 9.79. The van der Waals surface area contributed by atoms with Crippen molar-refractivity contribution >= 4 is 59.4 Å². The van der Waals surface area contributed by atoms with Gasteiger partial charge in [-0.3, -0.25) is 0 Å². The molecule has 178 valence electrons. The van der Waals surface area contributed by atoms with Gasteiger partial charge >= 0.3 is 0 Å². The van der Waals surface area contributed by atoms with Crippen LogP contribution in [0.4, 0.5) is 0 Å². The normalized spacial score (nSPS) is 12.1. The highest BCUT2D eigenvalue weighted by Gasteiger charge is 2.18. The van der Waals surface area contributed by atoms with Gasteiger partial charge < -0.3 is 0 Å². The summed E-state index contributed by atoms with van der Waals surface area (Å²) in [6, 6.07) is 42.1. The van der Waals surface area contributed by atoms with E-state index in [4.69, 9.17) is 0 Å². The van der Waals surface area contributed by atoms with Gasteiger partial charge in [0.25, 0.3) is 0 Å². The predicted octanol–water partition coefficient (Wildman–Crippen LogP) is 10.9. The summed E-state index contributed by atoms with van der Waals surface area (Å²) in [5, 5.41) is 12.6. The first-order valence-corrected chi connectivity index (χ1v) is 13.0. The number of hydrogen-bond acceptors (Lipinski definition) is 0. The van der Waals surface area contributed by atoms with Crippen molar-refractivity contribution in [2.24, 2.45) is 0 Å². The minimum Gasteiger partial charge on any atom is -0.0990 e. The van der Waals surface area contributed by atoms with E-state index in [0.29, 0.717) is 0 Å². The first-order chi connectivity index (χ1) is 18.8. The highest BCUT2D eigenvalue weighted by molar-refractivity contribution is 6.24. The number of fused-ring (bicyclic) bond motifs is 6. The maximum absolute atomic E-state index is 4.13. The average Bonchev–Trinajstić information content (AvgIpc) is 2.97. The predicted molar refractivity (Wildman–Crippen MR) is 168 cm³/mol. The van der Waals surface area contributed by atoms with E-state index in [-0.39, 0.29) is 0 Å². The zero-order valence-corrected chi connectivity index (χ0v) is 21.1. The molecule has 7 aromatic rings. The van der Waals surface area contributed by atoms with Crippen LogP contribution in [0, 0.1) is 0 Å². The average molecular weight is 483 g/mol. The SMILES string of the molecule is C=C/C=C(\C=C)c1c2ccccc2c(-c2cccc3c2ccc2cc4ccccc4cc23)c2ccccc12. The van der Waals surface area contributed by atoms with Crippen molar-refractivity contribution in [3.05, 3.63) is 152 Å². The van der Waals surface area contributed by atoms with Crippen LogP contribution in [0.1, 0.15) is 5.56 Å². The monoisotopic (exact) mass is 482 g/mol. The van der Waals surface area contributed by atoms with Crippen LogP contribution in [0.25, 0.3) is 70.6 Å². The van der Waals surface area contributed by atoms with E-state index in [1.807, 2.05) is 12.2 Å². The fraction of sp³-hybridized carbons (Fsp3) is 0. The summed E-state index contributed by atoms with van der Waals surface area (Å²) >= 11 is 0. The molecule has 0 atom stereocenters. The molecule has 0 bridgehead atoms. The maximum atomic E-state index is 4.13. The highest BCUT2D eigenvalue weighted by atomic mass is 14.2. The standard InChI is InChI=1S/C38H26/c1-3-12-25(4-2)37-32-15-7-9-17-34(32)38(35-18-10-8-16-33(35)37)31-20-11-19-29-30(31)22-21-28-23-26-13-5-6-14-27(26)24-36(28)29/h3-24H,1-2H2/b25-12+. The van der Waals surface area contributed by atoms with E-state index in [2.05, 4.69) is 134 Å². The highest BCUT2D eigenvalue weighted by Crippen LogP contribution is 2.44. The molecule has 0 radical (unpaired) electrons. The number of hydrogen-bond donors (Lipinski definition) is 0. The van der Waals surface area contributed by atoms with Crippen LogP contribution in [-0.2, 0) is 0 Å². The van der Waals surface area contributed by atoms with Gasteiger partial charge in [0, 0.05) is 0 Å². The summed E-state index contributed by atoms with van der Waals surface area (Å²) < 4.78 is 0. The van der Waals surface area contributed by atoms with Crippen LogP contribution in [0.15, 0.2) is 147 Å². The van der Waals surface area contributed by atoms with E-state index < -0.39 is 0 Å². The van der Waals surface area contributed by atoms with Gasteiger partial charge in [0.05, 0.1) is 0 Å². The third-order valence-electron chi connectivity index (χ3n) is 7.75. The van der Waals surface area contributed by atoms with E-state index >= 15 is 0 Å². The Morgan fingerprint density at radius 2 is 1.08 bits per heavy atom. The molecule has 38 heavy (non-hydrogen) atoms. The van der Waals surface area contributed by atoms with Crippen molar-refractivity contribution in [2.75, 3.05) is 0 Å². The van der Waals surface area contributed by atoms with Crippen LogP contribution < -0.4 is 0 Å². The molecule has 0 aliphatic rings. The second kappa shape index (κ2) is 8.87. The molecule has 7 aromatic carbocycles. The molecule has 7 rings (SSSR count). The minimum absolute atomic E-state index is 1.08. The van der Waals surface area contributed by atoms with Gasteiger partial charge in [0.15, 0.2) is 0 Å². The molecule has 0 saturated carbocycles. The Bertz CT molecular complexity index is 2050. The van der Waals surface area contributed by atoms with Crippen LogP contribution in [-0.4, -0.2) is 0 Å². The molecular formula is C38H26. The summed E-state index contributed by atoms with van der Waals surface area (Å²) in [6.07, 6.45) is 5.83. The number of rotatable bonds is 4. The molecule has 0 saturated heterocycles. The molecule has 0 heteroatoms. The molecule has 0 unspecified atom stereocenters. The van der Waals surface area contributed by atoms with Crippen molar-refractivity contribution in [2.45, 2.75) is 0 Å². The molecule has 0 fully saturated rings. The van der Waals surface area contributed by atoms with Gasteiger partial charge in [-0.2, -0.15) is 0 Å². The Morgan fingerprint density at radius 3 is 1.74 bits per heavy atom. The summed E-state index contributed by atoms with van der Waals surface area (Å²) in [7, 11) is 0. The third-order valence-corrected chi connectivity index (χ3v) is 7.75. The van der Waals surface area contributed by atoms with Gasteiger partial charge in [-0.25, -0.2) is 0 Å². The van der Waals surface area contributed by atoms with E-state index in [9.17, 15) is 0 Å². The van der Waals surface area contributed by atoms with Crippen molar-refractivity contribution < 1.29 is 0 Å². The van der Waals surface area contributed by atoms with E-state index in [1.165, 1.54) is 70.6 Å². The van der Waals surface area contributed by atoms with Gasteiger partial charge in [-0.05, 0) is 88.3 Å². The van der Waals surface area contributed by atoms with E-state index in [0.717, 1.165) is 5.57 Å².